The number of nitrogens with two attached hydrogens (primary N) is 1. The molecular formula is C35H58N7O17P3S. The summed E-state index contributed by atoms with van der Waals surface area (Å²) >= 11 is 1.12. The zero-order valence-electron chi connectivity index (χ0n) is 35.0. The van der Waals surface area contributed by atoms with Gasteiger partial charge in [-0.25, -0.2) is 28.6 Å². The molecule has 63 heavy (non-hydrogen) atoms. The zero-order chi connectivity index (χ0) is 46.8. The van der Waals surface area contributed by atoms with Crippen molar-refractivity contribution in [2.45, 2.75) is 109 Å². The standard InChI is InChI=1S/C35H58N7O17P3S/c1-4-5-6-7-8-9-10-11-12-13-14-15-26(44)63-19-18-37-25(43)16-17-38-33(47)30(46)35(2,3)21-56-62(53,54)59-61(51,52)55-20-24-29(58-60(48,49)50)28(45)34(57-24)42-23-41-27-31(36)39-22-40-32(27)42/h8-9,11-12,22-24,28-30,34,45-46H,4-7,10,13-21H2,1-3H3,(H,37,43)(H,38,47)(H,51,52)(H,53,54)(H2,36,39,40)(H2,48,49,50)/b9-8-,12-11-. The number of nitrogens with zero attached hydrogens (tertiary/aromatic N) is 4. The van der Waals surface area contributed by atoms with Crippen LogP contribution >= 0.6 is 35.2 Å². The number of fused-ring (bicyclic) bond motifs is 1. The first-order valence-electron chi connectivity index (χ1n) is 19.9. The number of nitrogen functional groups attached to an aromatic ring is 1. The molecule has 1 aliphatic heterocycles. The molecule has 3 heterocycles. The third-order valence-corrected chi connectivity index (χ3v) is 13.1. The number of amides is 2. The Morgan fingerprint density at radius 1 is 0.968 bits per heavy atom. The van der Waals surface area contributed by atoms with E-state index < -0.39 is 84.6 Å². The molecule has 0 aromatic carbocycles. The van der Waals surface area contributed by atoms with Crippen LogP contribution in [0.5, 0.6) is 0 Å². The molecule has 0 bridgehead atoms. The number of phosphoric ester groups is 3. The predicted molar refractivity (Wildman–Crippen MR) is 228 cm³/mol. The Morgan fingerprint density at radius 3 is 2.33 bits per heavy atom. The first kappa shape index (κ1) is 54.4. The largest absolute Gasteiger partial charge is 0.481 e. The number of unbranched alkanes of at least 4 members (excludes halogenated alkanes) is 4. The normalized spacial score (nSPS) is 20.8. The number of hydrogen-bond donors (Lipinski definition) is 9. The summed E-state index contributed by atoms with van der Waals surface area (Å²) in [6, 6.07) is 0. The van der Waals surface area contributed by atoms with Gasteiger partial charge in [0.15, 0.2) is 22.8 Å². The Labute approximate surface area is 368 Å². The van der Waals surface area contributed by atoms with Crippen LogP contribution in [0.1, 0.15) is 84.8 Å². The van der Waals surface area contributed by atoms with Gasteiger partial charge in [0.25, 0.3) is 0 Å². The Bertz CT molecular complexity index is 2020. The van der Waals surface area contributed by atoms with Gasteiger partial charge in [-0.3, -0.25) is 32.5 Å². The fourth-order valence-electron chi connectivity index (χ4n) is 5.75. The summed E-state index contributed by atoms with van der Waals surface area (Å²) in [7, 11) is -16.4. The van der Waals surface area contributed by atoms with E-state index in [2.05, 4.69) is 65.6 Å². The number of nitrogens with one attached hydrogen (secondary N) is 2. The average molecular weight is 974 g/mol. The number of allylic oxidation sites excluding steroid dienone is 4. The van der Waals surface area contributed by atoms with Gasteiger partial charge in [-0.15, -0.1) is 0 Å². The quantitative estimate of drug-likeness (QED) is 0.0321. The summed E-state index contributed by atoms with van der Waals surface area (Å²) in [5, 5.41) is 26.5. The van der Waals surface area contributed by atoms with Crippen molar-refractivity contribution in [3.05, 3.63) is 37.0 Å². The molecule has 0 radical (unpaired) electrons. The van der Waals surface area contributed by atoms with E-state index >= 15 is 0 Å². The number of aromatic nitrogens is 4. The lowest BCUT2D eigenvalue weighted by molar-refractivity contribution is -0.137. The molecular weight excluding hydrogens is 915 g/mol. The van der Waals surface area contributed by atoms with E-state index in [1.807, 2.05) is 0 Å². The highest BCUT2D eigenvalue weighted by atomic mass is 32.2. The van der Waals surface area contributed by atoms with Crippen LogP contribution in [0.4, 0.5) is 5.82 Å². The number of imidazole rings is 1. The van der Waals surface area contributed by atoms with Crippen molar-refractivity contribution < 1.29 is 80.5 Å². The van der Waals surface area contributed by atoms with Crippen molar-refractivity contribution in [1.29, 1.82) is 0 Å². The van der Waals surface area contributed by atoms with Gasteiger partial charge in [-0.05, 0) is 32.1 Å². The minimum atomic E-state index is -5.57. The Morgan fingerprint density at radius 2 is 1.65 bits per heavy atom. The van der Waals surface area contributed by atoms with Crippen LogP contribution in [-0.4, -0.2) is 123 Å². The maximum Gasteiger partial charge on any atom is 0.481 e. The molecule has 28 heteroatoms. The average Bonchev–Trinajstić information content (AvgIpc) is 3.76. The van der Waals surface area contributed by atoms with Crippen molar-refractivity contribution >= 4 is 69.1 Å². The SMILES string of the molecule is CCCCC/C=C\C/C=C\CCCC(=O)SCCNC(=O)CCNC(=O)C(O)C(C)(C)COP(=O)(O)OP(=O)(O)OCC1OC(n2cnc3c(N)ncnc32)C(O)C1OP(=O)(O)O. The smallest absolute Gasteiger partial charge is 0.386 e. The molecule has 1 aliphatic rings. The van der Waals surface area contributed by atoms with Gasteiger partial charge in [0.05, 0.1) is 19.5 Å². The number of ether oxygens (including phenoxy) is 1. The van der Waals surface area contributed by atoms with Gasteiger partial charge in [0, 0.05) is 37.1 Å². The van der Waals surface area contributed by atoms with Gasteiger partial charge in [0.1, 0.15) is 36.3 Å². The summed E-state index contributed by atoms with van der Waals surface area (Å²) in [5.74, 6) is -1.07. The summed E-state index contributed by atoms with van der Waals surface area (Å²) in [5.41, 5.74) is 4.27. The van der Waals surface area contributed by atoms with Crippen molar-refractivity contribution in [2.24, 2.45) is 5.41 Å². The minimum absolute atomic E-state index is 0.0189. The molecule has 0 spiro atoms. The van der Waals surface area contributed by atoms with Crippen molar-refractivity contribution in [3.63, 3.8) is 0 Å². The number of anilines is 1. The molecule has 10 N–H and O–H groups in total. The molecule has 3 rings (SSSR count). The molecule has 2 amide bonds. The second kappa shape index (κ2) is 25.7. The predicted octanol–water partition coefficient (Wildman–Crippen LogP) is 2.92. The number of phosphoric acid groups is 3. The molecule has 0 aliphatic carbocycles. The van der Waals surface area contributed by atoms with E-state index in [1.165, 1.54) is 33.1 Å². The Hall–Kier alpha value is -2.96. The number of hydrogen-bond acceptors (Lipinski definition) is 18. The number of thioether (sulfide) groups is 1. The summed E-state index contributed by atoms with van der Waals surface area (Å²) in [4.78, 5) is 88.1. The lowest BCUT2D eigenvalue weighted by Crippen LogP contribution is -2.46. The number of carbonyl (C=O) groups excluding carboxylic acids is 3. The molecule has 356 valence electrons. The van der Waals surface area contributed by atoms with E-state index in [0.29, 0.717) is 12.2 Å². The van der Waals surface area contributed by atoms with E-state index in [9.17, 15) is 57.9 Å². The molecule has 2 aromatic heterocycles. The number of aliphatic hydroxyl groups is 2. The van der Waals surface area contributed by atoms with Crippen LogP contribution in [0.15, 0.2) is 37.0 Å². The maximum atomic E-state index is 12.7. The van der Waals surface area contributed by atoms with Crippen LogP contribution in [-0.2, 0) is 50.7 Å². The second-order valence-corrected chi connectivity index (χ2v) is 20.2. The van der Waals surface area contributed by atoms with E-state index in [-0.39, 0.29) is 41.6 Å². The molecule has 7 atom stereocenters. The molecule has 24 nitrogen and oxygen atoms in total. The first-order chi connectivity index (χ1) is 29.6. The van der Waals surface area contributed by atoms with E-state index in [1.54, 1.807) is 0 Å². The molecule has 0 saturated carbocycles. The zero-order valence-corrected chi connectivity index (χ0v) is 38.5. The van der Waals surface area contributed by atoms with Gasteiger partial charge in [-0.2, -0.15) is 4.31 Å². The van der Waals surface area contributed by atoms with Crippen LogP contribution in [0.25, 0.3) is 11.2 Å². The van der Waals surface area contributed by atoms with Crippen LogP contribution in [0.3, 0.4) is 0 Å². The van der Waals surface area contributed by atoms with Gasteiger partial charge in [0.2, 0.25) is 11.8 Å². The van der Waals surface area contributed by atoms with Crippen LogP contribution < -0.4 is 16.4 Å². The van der Waals surface area contributed by atoms with Crippen molar-refractivity contribution in [3.8, 4) is 0 Å². The Balaban J connectivity index is 1.37. The van der Waals surface area contributed by atoms with Gasteiger partial charge < -0.3 is 50.9 Å². The molecule has 1 saturated heterocycles. The lowest BCUT2D eigenvalue weighted by Gasteiger charge is -2.30. The van der Waals surface area contributed by atoms with Crippen molar-refractivity contribution in [2.75, 3.05) is 37.8 Å². The maximum absolute atomic E-state index is 12.7. The lowest BCUT2D eigenvalue weighted by atomic mass is 9.87. The topological polar surface area (TPSA) is 364 Å². The monoisotopic (exact) mass is 973 g/mol. The van der Waals surface area contributed by atoms with E-state index in [0.717, 1.165) is 54.7 Å². The summed E-state index contributed by atoms with van der Waals surface area (Å²) in [6.07, 6.45) is 9.14. The number of carbonyl (C=O) groups is 3. The third kappa shape index (κ3) is 19.2. The first-order valence-corrected chi connectivity index (χ1v) is 25.4. The minimum Gasteiger partial charge on any atom is -0.386 e. The number of rotatable bonds is 29. The highest BCUT2D eigenvalue weighted by molar-refractivity contribution is 8.13. The highest BCUT2D eigenvalue weighted by Gasteiger charge is 2.50. The molecule has 7 unspecified atom stereocenters. The van der Waals surface area contributed by atoms with Crippen LogP contribution in [0.2, 0.25) is 0 Å². The summed E-state index contributed by atoms with van der Waals surface area (Å²) in [6.45, 7) is 2.70. The fraction of sp³-hybridized carbons (Fsp3) is 0.657. The highest BCUT2D eigenvalue weighted by Crippen LogP contribution is 2.61. The Kier molecular flexibility index (Phi) is 22.1. The molecule has 2 aromatic rings. The van der Waals surface area contributed by atoms with Crippen LogP contribution in [0, 0.1) is 5.41 Å². The fourth-order valence-corrected chi connectivity index (χ4v) is 9.30. The number of aliphatic hydroxyl groups excluding tert-OH is 2. The van der Waals surface area contributed by atoms with Crippen molar-refractivity contribution in [1.82, 2.24) is 30.2 Å². The van der Waals surface area contributed by atoms with Gasteiger partial charge >= 0.3 is 23.5 Å². The van der Waals surface area contributed by atoms with Gasteiger partial charge in [-0.1, -0.05) is 69.7 Å². The van der Waals surface area contributed by atoms with E-state index in [4.69, 9.17) is 19.5 Å². The summed E-state index contributed by atoms with van der Waals surface area (Å²) < 4.78 is 62.3. The third-order valence-electron chi connectivity index (χ3n) is 9.10. The molecule has 1 fully saturated rings. The second-order valence-electron chi connectivity index (χ2n) is 14.9.